The Hall–Kier alpha value is -1.22. The number of rotatable bonds is 1. The van der Waals surface area contributed by atoms with Crippen LogP contribution in [0.4, 0.5) is 5.95 Å². The number of fused-ring (bicyclic) bond motifs is 1. The normalized spacial score (nSPS) is 24.6. The van der Waals surface area contributed by atoms with Gasteiger partial charge < -0.3 is 10.3 Å². The third-order valence-corrected chi connectivity index (χ3v) is 4.26. The van der Waals surface area contributed by atoms with Crippen molar-refractivity contribution in [2.75, 3.05) is 5.73 Å². The molecule has 1 aliphatic carbocycles. The highest BCUT2D eigenvalue weighted by Crippen LogP contribution is 2.36. The second-order valence-corrected chi connectivity index (χ2v) is 5.82. The molecule has 1 aliphatic rings. The fourth-order valence-corrected chi connectivity index (χ4v) is 3.14. The van der Waals surface area contributed by atoms with Gasteiger partial charge in [0.1, 0.15) is 0 Å². The van der Waals surface area contributed by atoms with E-state index in [0.29, 0.717) is 17.0 Å². The van der Waals surface area contributed by atoms with Crippen molar-refractivity contribution >= 4 is 28.6 Å². The zero-order chi connectivity index (χ0) is 12.7. The molecule has 96 valence electrons. The number of aromatic nitrogens is 2. The molecule has 0 aliphatic heterocycles. The first-order chi connectivity index (χ1) is 8.65. The van der Waals surface area contributed by atoms with Gasteiger partial charge in [0.15, 0.2) is 0 Å². The molecule has 2 aromatic rings. The molecule has 0 amide bonds. The summed E-state index contributed by atoms with van der Waals surface area (Å²) in [4.78, 5) is 4.42. The number of imidazole rings is 1. The molecule has 1 heterocycles. The number of nitrogens with two attached hydrogens (primary N) is 1. The monoisotopic (exact) mass is 263 g/mol. The van der Waals surface area contributed by atoms with E-state index < -0.39 is 0 Å². The van der Waals surface area contributed by atoms with Gasteiger partial charge >= 0.3 is 0 Å². The highest BCUT2D eigenvalue weighted by molar-refractivity contribution is 6.31. The fourth-order valence-electron chi connectivity index (χ4n) is 2.97. The Kier molecular flexibility index (Phi) is 2.94. The van der Waals surface area contributed by atoms with Crippen molar-refractivity contribution in [2.24, 2.45) is 5.92 Å². The third-order valence-electron chi connectivity index (χ3n) is 4.03. The van der Waals surface area contributed by atoms with Crippen LogP contribution in [0.15, 0.2) is 18.2 Å². The average Bonchev–Trinajstić information content (AvgIpc) is 2.65. The predicted octanol–water partition coefficient (Wildman–Crippen LogP) is 4.02. The van der Waals surface area contributed by atoms with E-state index in [1.807, 2.05) is 18.2 Å². The van der Waals surface area contributed by atoms with Crippen LogP contribution in [0.3, 0.4) is 0 Å². The van der Waals surface area contributed by atoms with Crippen molar-refractivity contribution in [2.45, 2.75) is 38.6 Å². The fraction of sp³-hybridized carbons (Fsp3) is 0.500. The zero-order valence-corrected chi connectivity index (χ0v) is 11.3. The Morgan fingerprint density at radius 3 is 2.72 bits per heavy atom. The van der Waals surface area contributed by atoms with Crippen molar-refractivity contribution in [3.05, 3.63) is 23.2 Å². The Morgan fingerprint density at radius 2 is 2.00 bits per heavy atom. The smallest absolute Gasteiger partial charge is 0.201 e. The van der Waals surface area contributed by atoms with E-state index in [0.717, 1.165) is 17.0 Å². The SMILES string of the molecule is CC1CCC(n2c(N)nc3cc(Cl)ccc32)CC1. The molecule has 1 fully saturated rings. The van der Waals surface area contributed by atoms with Crippen LogP contribution in [0.2, 0.25) is 5.02 Å². The van der Waals surface area contributed by atoms with Gasteiger partial charge in [-0.15, -0.1) is 0 Å². The van der Waals surface area contributed by atoms with E-state index in [9.17, 15) is 0 Å². The second kappa shape index (κ2) is 4.47. The van der Waals surface area contributed by atoms with Gasteiger partial charge in [-0.1, -0.05) is 18.5 Å². The Morgan fingerprint density at radius 1 is 1.28 bits per heavy atom. The lowest BCUT2D eigenvalue weighted by atomic mass is 9.87. The lowest BCUT2D eigenvalue weighted by Gasteiger charge is -2.28. The van der Waals surface area contributed by atoms with Crippen molar-refractivity contribution in [1.29, 1.82) is 0 Å². The van der Waals surface area contributed by atoms with Crippen LogP contribution in [0.1, 0.15) is 38.6 Å². The molecule has 0 atom stereocenters. The minimum atomic E-state index is 0.493. The van der Waals surface area contributed by atoms with Gasteiger partial charge in [-0.05, 0) is 49.8 Å². The predicted molar refractivity (Wildman–Crippen MR) is 75.8 cm³/mol. The second-order valence-electron chi connectivity index (χ2n) is 5.39. The maximum atomic E-state index is 6.08. The molecule has 3 rings (SSSR count). The molecule has 1 aromatic carbocycles. The highest BCUT2D eigenvalue weighted by Gasteiger charge is 2.23. The van der Waals surface area contributed by atoms with Crippen molar-refractivity contribution in [1.82, 2.24) is 9.55 Å². The number of nitrogens with zero attached hydrogens (tertiary/aromatic N) is 2. The summed E-state index contributed by atoms with van der Waals surface area (Å²) in [5.74, 6) is 1.46. The Bertz CT molecular complexity index is 568. The van der Waals surface area contributed by atoms with Crippen molar-refractivity contribution < 1.29 is 0 Å². The van der Waals surface area contributed by atoms with Gasteiger partial charge in [0, 0.05) is 11.1 Å². The summed E-state index contributed by atoms with van der Waals surface area (Å²) in [6.45, 7) is 2.32. The summed E-state index contributed by atoms with van der Waals surface area (Å²) in [6, 6.07) is 6.31. The number of hydrogen-bond acceptors (Lipinski definition) is 2. The number of nitrogen functional groups attached to an aromatic ring is 1. The van der Waals surface area contributed by atoms with E-state index in [1.54, 1.807) is 0 Å². The molecular formula is C14H18ClN3. The van der Waals surface area contributed by atoms with Gasteiger partial charge in [0.05, 0.1) is 11.0 Å². The number of hydrogen-bond donors (Lipinski definition) is 1. The van der Waals surface area contributed by atoms with Crippen LogP contribution in [0.25, 0.3) is 11.0 Å². The standard InChI is InChI=1S/C14H18ClN3/c1-9-2-5-11(6-3-9)18-13-7-4-10(15)8-12(13)17-14(18)16/h4,7-9,11H,2-3,5-6H2,1H3,(H2,16,17). The molecule has 2 N–H and O–H groups in total. The third kappa shape index (κ3) is 1.97. The molecule has 0 unspecified atom stereocenters. The van der Waals surface area contributed by atoms with Gasteiger partial charge in [0.2, 0.25) is 5.95 Å². The molecule has 3 nitrogen and oxygen atoms in total. The Balaban J connectivity index is 2.03. The lowest BCUT2D eigenvalue weighted by molar-refractivity contribution is 0.296. The summed E-state index contributed by atoms with van der Waals surface area (Å²) in [5.41, 5.74) is 8.09. The lowest BCUT2D eigenvalue weighted by Crippen LogP contribution is -2.18. The van der Waals surface area contributed by atoms with E-state index in [2.05, 4.69) is 16.5 Å². The summed E-state index contributed by atoms with van der Waals surface area (Å²) < 4.78 is 2.19. The molecule has 0 saturated heterocycles. The highest BCUT2D eigenvalue weighted by atomic mass is 35.5. The zero-order valence-electron chi connectivity index (χ0n) is 10.6. The van der Waals surface area contributed by atoms with Crippen LogP contribution in [-0.2, 0) is 0 Å². The number of benzene rings is 1. The molecule has 18 heavy (non-hydrogen) atoms. The van der Waals surface area contributed by atoms with Crippen LogP contribution < -0.4 is 5.73 Å². The Labute approximate surface area is 112 Å². The first-order valence-electron chi connectivity index (χ1n) is 6.58. The molecule has 4 heteroatoms. The van der Waals surface area contributed by atoms with E-state index in [4.69, 9.17) is 17.3 Å². The quantitative estimate of drug-likeness (QED) is 0.844. The van der Waals surface area contributed by atoms with Gasteiger partial charge in [-0.3, -0.25) is 0 Å². The summed E-state index contributed by atoms with van der Waals surface area (Å²) >= 11 is 6.00. The molecule has 0 bridgehead atoms. The maximum Gasteiger partial charge on any atom is 0.201 e. The van der Waals surface area contributed by atoms with Crippen molar-refractivity contribution in [3.63, 3.8) is 0 Å². The minimum Gasteiger partial charge on any atom is -0.369 e. The average molecular weight is 264 g/mol. The van der Waals surface area contributed by atoms with Crippen LogP contribution in [0.5, 0.6) is 0 Å². The summed E-state index contributed by atoms with van der Waals surface area (Å²) in [5, 5.41) is 0.712. The molecule has 0 radical (unpaired) electrons. The van der Waals surface area contributed by atoms with Crippen molar-refractivity contribution in [3.8, 4) is 0 Å². The summed E-state index contributed by atoms with van der Waals surface area (Å²) in [6.07, 6.45) is 4.94. The van der Waals surface area contributed by atoms with Gasteiger partial charge in [-0.25, -0.2) is 4.98 Å². The van der Waals surface area contributed by atoms with Gasteiger partial charge in [-0.2, -0.15) is 0 Å². The molecule has 1 saturated carbocycles. The number of halogens is 1. The summed E-state index contributed by atoms with van der Waals surface area (Å²) in [7, 11) is 0. The first-order valence-corrected chi connectivity index (χ1v) is 6.96. The van der Waals surface area contributed by atoms with Crippen LogP contribution in [0, 0.1) is 5.92 Å². The molecule has 1 aromatic heterocycles. The molecule has 0 spiro atoms. The van der Waals surface area contributed by atoms with Gasteiger partial charge in [0.25, 0.3) is 0 Å². The minimum absolute atomic E-state index is 0.493. The van der Waals surface area contributed by atoms with E-state index in [-0.39, 0.29) is 0 Å². The number of anilines is 1. The largest absolute Gasteiger partial charge is 0.369 e. The molecular weight excluding hydrogens is 246 g/mol. The van der Waals surface area contributed by atoms with Crippen LogP contribution in [-0.4, -0.2) is 9.55 Å². The topological polar surface area (TPSA) is 43.8 Å². The maximum absolute atomic E-state index is 6.08. The van der Waals surface area contributed by atoms with E-state index in [1.165, 1.54) is 25.7 Å². The van der Waals surface area contributed by atoms with Crippen LogP contribution >= 0.6 is 11.6 Å². The first kappa shape index (κ1) is 11.8. The van der Waals surface area contributed by atoms with E-state index >= 15 is 0 Å².